The molecule has 1 aromatic heterocycles. The van der Waals surface area contributed by atoms with Crippen LogP contribution in [0.4, 0.5) is 26.0 Å². The maximum absolute atomic E-state index is 14.4. The first-order valence-electron chi connectivity index (χ1n) is 10.8. The van der Waals surface area contributed by atoms with Crippen molar-refractivity contribution >= 4 is 29.1 Å². The minimum Gasteiger partial charge on any atom is -0.369 e. The molecular weight excluding hydrogens is 462 g/mol. The molecule has 0 aliphatic rings. The van der Waals surface area contributed by atoms with Crippen LogP contribution in [0.1, 0.15) is 11.1 Å². The molecule has 4 N–H and O–H groups in total. The summed E-state index contributed by atoms with van der Waals surface area (Å²) in [6, 6.07) is 25.8. The lowest BCUT2D eigenvalue weighted by atomic mass is 10.1. The molecule has 1 amide bonds. The fourth-order valence-electron chi connectivity index (χ4n) is 3.34. The Morgan fingerprint density at radius 2 is 1.56 bits per heavy atom. The number of halogens is 2. The van der Waals surface area contributed by atoms with Crippen molar-refractivity contribution in [2.24, 2.45) is 10.7 Å². The number of para-hydroxylation sites is 1. The van der Waals surface area contributed by atoms with Crippen molar-refractivity contribution in [3.8, 4) is 17.2 Å². The van der Waals surface area contributed by atoms with Gasteiger partial charge in [-0.3, -0.25) is 4.79 Å². The van der Waals surface area contributed by atoms with Crippen LogP contribution in [0.5, 0.6) is 0 Å². The Balaban J connectivity index is 1.42. The summed E-state index contributed by atoms with van der Waals surface area (Å²) >= 11 is 0. The normalized spacial score (nSPS) is 11.4. The molecule has 1 heterocycles. The van der Waals surface area contributed by atoms with E-state index in [4.69, 9.17) is 11.0 Å². The molecule has 0 unspecified atom stereocenters. The Kier molecular flexibility index (Phi) is 6.97. The van der Waals surface area contributed by atoms with Gasteiger partial charge >= 0.3 is 5.92 Å². The lowest BCUT2D eigenvalue weighted by molar-refractivity contribution is -0.140. The lowest BCUT2D eigenvalue weighted by Crippen LogP contribution is -2.32. The predicted molar refractivity (Wildman–Crippen MR) is 135 cm³/mol. The number of nitrogens with two attached hydrogens (primary N) is 1. The summed E-state index contributed by atoms with van der Waals surface area (Å²) in [7, 11) is 0. The van der Waals surface area contributed by atoms with E-state index in [-0.39, 0.29) is 17.2 Å². The zero-order valence-electron chi connectivity index (χ0n) is 18.8. The number of nitriles is 1. The highest BCUT2D eigenvalue weighted by atomic mass is 19.3. The van der Waals surface area contributed by atoms with E-state index in [0.29, 0.717) is 17.1 Å². The molecule has 0 aliphatic carbocycles. The third-order valence-corrected chi connectivity index (χ3v) is 5.19. The first kappa shape index (κ1) is 24.0. The molecule has 0 saturated carbocycles. The van der Waals surface area contributed by atoms with Gasteiger partial charge in [0.05, 0.1) is 11.3 Å². The molecule has 9 heteroatoms. The first-order chi connectivity index (χ1) is 17.4. The van der Waals surface area contributed by atoms with Crippen LogP contribution in [0.3, 0.4) is 0 Å². The van der Waals surface area contributed by atoms with E-state index in [9.17, 15) is 13.6 Å². The number of aliphatic imine (C=N–C) groups is 1. The summed E-state index contributed by atoms with van der Waals surface area (Å²) in [5, 5.41) is 14.3. The number of pyridine rings is 1. The molecule has 0 atom stereocenters. The van der Waals surface area contributed by atoms with Crippen LogP contribution in [-0.4, -0.2) is 16.9 Å². The average Bonchev–Trinajstić information content (AvgIpc) is 2.90. The van der Waals surface area contributed by atoms with Gasteiger partial charge in [0.1, 0.15) is 6.07 Å². The Morgan fingerprint density at radius 3 is 2.22 bits per heavy atom. The number of carbonyl (C=O) groups excluding carboxylic acids is 1. The molecule has 36 heavy (non-hydrogen) atoms. The molecule has 7 nitrogen and oxygen atoms in total. The van der Waals surface area contributed by atoms with E-state index in [2.05, 4.69) is 26.7 Å². The number of hydrogen-bond donors (Lipinski definition) is 3. The summed E-state index contributed by atoms with van der Waals surface area (Å²) < 4.78 is 28.8. The second kappa shape index (κ2) is 10.4. The van der Waals surface area contributed by atoms with Gasteiger partial charge in [-0.25, -0.2) is 4.98 Å². The number of carbonyl (C=O) groups is 1. The molecular formula is C27H20F2N6O. The molecule has 4 rings (SSSR count). The quantitative estimate of drug-likeness (QED) is 0.251. The fourth-order valence-corrected chi connectivity index (χ4v) is 3.34. The zero-order valence-corrected chi connectivity index (χ0v) is 18.8. The van der Waals surface area contributed by atoms with E-state index in [1.807, 2.05) is 0 Å². The highest BCUT2D eigenvalue weighted by Crippen LogP contribution is 2.30. The van der Waals surface area contributed by atoms with Crippen LogP contribution >= 0.6 is 0 Å². The molecule has 0 spiro atoms. The van der Waals surface area contributed by atoms with Gasteiger partial charge in [0.2, 0.25) is 0 Å². The Hall–Kier alpha value is -5.10. The van der Waals surface area contributed by atoms with Gasteiger partial charge in [-0.05, 0) is 42.0 Å². The number of nitrogens with zero attached hydrogens (tertiary/aromatic N) is 3. The summed E-state index contributed by atoms with van der Waals surface area (Å²) in [6.07, 6.45) is 1.59. The Morgan fingerprint density at radius 1 is 0.889 bits per heavy atom. The minimum absolute atomic E-state index is 0.0744. The van der Waals surface area contributed by atoms with Crippen LogP contribution < -0.4 is 16.4 Å². The van der Waals surface area contributed by atoms with Gasteiger partial charge in [-0.2, -0.15) is 19.0 Å². The molecule has 0 radical (unpaired) electrons. The van der Waals surface area contributed by atoms with Gasteiger partial charge < -0.3 is 16.4 Å². The monoisotopic (exact) mass is 482 g/mol. The smallest absolute Gasteiger partial charge is 0.350 e. The molecule has 0 aliphatic heterocycles. The van der Waals surface area contributed by atoms with E-state index in [1.165, 1.54) is 36.4 Å². The Bertz CT molecular complexity index is 1430. The maximum atomic E-state index is 14.4. The fraction of sp³-hybridized carbons (Fsp3) is 0.0370. The van der Waals surface area contributed by atoms with Crippen molar-refractivity contribution in [2.75, 3.05) is 10.6 Å². The standard InChI is InChI=1S/C27H20F2N6O/c28-27(29,21-7-2-1-3-8-21)25(36)33-22-13-10-18(11-14-22)20-12-15-24(32-17-20)35-26(31)34-23-9-5-4-6-19(23)16-30/h1-15,17H,(H,33,36)(H3,31,32,34,35). The lowest BCUT2D eigenvalue weighted by Gasteiger charge is -2.16. The summed E-state index contributed by atoms with van der Waals surface area (Å²) in [5.41, 5.74) is 8.28. The number of alkyl halides is 2. The summed E-state index contributed by atoms with van der Waals surface area (Å²) in [4.78, 5) is 20.6. The van der Waals surface area contributed by atoms with Crippen LogP contribution in [0.2, 0.25) is 0 Å². The molecule has 0 bridgehead atoms. The van der Waals surface area contributed by atoms with Gasteiger partial charge in [-0.1, -0.05) is 54.6 Å². The number of anilines is 2. The highest BCUT2D eigenvalue weighted by molar-refractivity contribution is 5.97. The molecule has 4 aromatic rings. The van der Waals surface area contributed by atoms with Crippen LogP contribution in [0, 0.1) is 11.3 Å². The summed E-state index contributed by atoms with van der Waals surface area (Å²) in [6.45, 7) is 0. The number of benzene rings is 3. The van der Waals surface area contributed by atoms with Crippen LogP contribution in [-0.2, 0) is 10.7 Å². The van der Waals surface area contributed by atoms with Crippen molar-refractivity contribution < 1.29 is 13.6 Å². The average molecular weight is 482 g/mol. The van der Waals surface area contributed by atoms with E-state index in [0.717, 1.165) is 11.1 Å². The van der Waals surface area contributed by atoms with E-state index < -0.39 is 11.8 Å². The first-order valence-corrected chi connectivity index (χ1v) is 10.8. The number of amides is 1. The third kappa shape index (κ3) is 5.51. The van der Waals surface area contributed by atoms with Crippen molar-refractivity contribution in [1.82, 2.24) is 4.98 Å². The van der Waals surface area contributed by atoms with Crippen molar-refractivity contribution in [2.45, 2.75) is 5.92 Å². The van der Waals surface area contributed by atoms with Crippen LogP contribution in [0.15, 0.2) is 102 Å². The zero-order chi connectivity index (χ0) is 25.5. The van der Waals surface area contributed by atoms with E-state index >= 15 is 0 Å². The number of guanidine groups is 1. The van der Waals surface area contributed by atoms with Gasteiger partial charge in [0.25, 0.3) is 5.91 Å². The highest BCUT2D eigenvalue weighted by Gasteiger charge is 2.40. The third-order valence-electron chi connectivity index (χ3n) is 5.19. The van der Waals surface area contributed by atoms with Crippen molar-refractivity contribution in [3.63, 3.8) is 0 Å². The van der Waals surface area contributed by atoms with Crippen molar-refractivity contribution in [3.05, 3.63) is 108 Å². The topological polar surface area (TPSA) is 116 Å². The maximum Gasteiger partial charge on any atom is 0.350 e. The molecule has 0 saturated heterocycles. The summed E-state index contributed by atoms with van der Waals surface area (Å²) in [5.74, 6) is -4.64. The van der Waals surface area contributed by atoms with Gasteiger partial charge in [-0.15, -0.1) is 0 Å². The second-order valence-electron chi connectivity index (χ2n) is 7.66. The van der Waals surface area contributed by atoms with E-state index in [1.54, 1.807) is 60.8 Å². The van der Waals surface area contributed by atoms with Crippen LogP contribution in [0.25, 0.3) is 11.1 Å². The number of aromatic nitrogens is 1. The van der Waals surface area contributed by atoms with Crippen molar-refractivity contribution in [1.29, 1.82) is 5.26 Å². The minimum atomic E-state index is -3.66. The largest absolute Gasteiger partial charge is 0.369 e. The van der Waals surface area contributed by atoms with Gasteiger partial charge in [0.15, 0.2) is 11.8 Å². The second-order valence-corrected chi connectivity index (χ2v) is 7.66. The predicted octanol–water partition coefficient (Wildman–Crippen LogP) is 5.41. The van der Waals surface area contributed by atoms with Gasteiger partial charge in [0, 0.05) is 23.0 Å². The number of rotatable bonds is 6. The number of hydrogen-bond acceptors (Lipinski definition) is 4. The molecule has 0 fully saturated rings. The molecule has 178 valence electrons. The number of nitrogens with one attached hydrogen (secondary N) is 2. The SMILES string of the molecule is N#Cc1ccccc1NC(N)=Nc1ccc(-c2ccc(NC(=O)C(F)(F)c3ccccc3)cc2)cn1. The Labute approximate surface area is 206 Å². The molecule has 3 aromatic carbocycles.